The Morgan fingerprint density at radius 1 is 1.00 bits per heavy atom. The predicted octanol–water partition coefficient (Wildman–Crippen LogP) is 4.29. The smallest absolute Gasteiger partial charge is 0.123 e. The van der Waals surface area contributed by atoms with Gasteiger partial charge >= 0.3 is 0 Å². The third-order valence-electron chi connectivity index (χ3n) is 3.46. The summed E-state index contributed by atoms with van der Waals surface area (Å²) in [6.07, 6.45) is 0. The van der Waals surface area contributed by atoms with E-state index < -0.39 is 0 Å². The molecule has 2 aromatic carbocycles. The highest BCUT2D eigenvalue weighted by molar-refractivity contribution is 5.91. The van der Waals surface area contributed by atoms with Crippen LogP contribution in [0.1, 0.15) is 5.56 Å². The Hall–Kier alpha value is -2.09. The molecule has 0 amide bonds. The van der Waals surface area contributed by atoms with Gasteiger partial charge in [-0.25, -0.2) is 4.39 Å². The Morgan fingerprint density at radius 3 is 2.44 bits per heavy atom. The molecule has 0 atom stereocenters. The Balaban J connectivity index is 2.37. The van der Waals surface area contributed by atoms with Crippen LogP contribution in [0.5, 0.6) is 0 Å². The molecule has 2 heteroatoms. The van der Waals surface area contributed by atoms with Gasteiger partial charge in [-0.05, 0) is 36.2 Å². The molecule has 0 aliphatic carbocycles. The Labute approximate surface area is 105 Å². The topological polar surface area (TPSA) is 4.93 Å². The van der Waals surface area contributed by atoms with Gasteiger partial charge < -0.3 is 4.57 Å². The summed E-state index contributed by atoms with van der Waals surface area (Å²) in [6, 6.07) is 15.2. The molecule has 3 rings (SSSR count). The van der Waals surface area contributed by atoms with Crippen molar-refractivity contribution in [2.45, 2.75) is 6.92 Å². The van der Waals surface area contributed by atoms with Crippen LogP contribution in [0, 0.1) is 12.7 Å². The molecule has 0 unspecified atom stereocenters. The van der Waals surface area contributed by atoms with Crippen LogP contribution in [0.4, 0.5) is 4.39 Å². The number of rotatable bonds is 1. The molecule has 0 radical (unpaired) electrons. The summed E-state index contributed by atoms with van der Waals surface area (Å²) in [5, 5.41) is 0.983. The van der Waals surface area contributed by atoms with E-state index in [0.29, 0.717) is 0 Å². The van der Waals surface area contributed by atoms with Crippen molar-refractivity contribution in [2.24, 2.45) is 7.05 Å². The van der Waals surface area contributed by atoms with Crippen LogP contribution in [0.2, 0.25) is 0 Å². The van der Waals surface area contributed by atoms with Gasteiger partial charge in [-0.15, -0.1) is 0 Å². The first-order valence-corrected chi connectivity index (χ1v) is 5.98. The normalized spacial score (nSPS) is 11.1. The molecule has 0 saturated carbocycles. The molecular weight excluding hydrogens is 225 g/mol. The summed E-state index contributed by atoms with van der Waals surface area (Å²) in [5.74, 6) is -0.184. The van der Waals surface area contributed by atoms with E-state index >= 15 is 0 Å². The molecule has 0 aliphatic rings. The SMILES string of the molecule is Cc1c(-c2ccccc2)n(C)c2ccc(F)cc12. The van der Waals surface area contributed by atoms with Crippen LogP contribution >= 0.6 is 0 Å². The van der Waals surface area contributed by atoms with Crippen LogP contribution in [0.15, 0.2) is 48.5 Å². The number of nitrogens with zero attached hydrogens (tertiary/aromatic N) is 1. The van der Waals surface area contributed by atoms with E-state index in [1.807, 2.05) is 38.2 Å². The van der Waals surface area contributed by atoms with E-state index in [0.717, 1.165) is 27.7 Å². The molecule has 1 heterocycles. The zero-order chi connectivity index (χ0) is 12.7. The van der Waals surface area contributed by atoms with E-state index in [1.54, 1.807) is 6.07 Å². The highest BCUT2D eigenvalue weighted by atomic mass is 19.1. The van der Waals surface area contributed by atoms with Crippen LogP contribution in [-0.2, 0) is 7.05 Å². The van der Waals surface area contributed by atoms with Crippen LogP contribution in [0.3, 0.4) is 0 Å². The third-order valence-corrected chi connectivity index (χ3v) is 3.46. The molecule has 0 aliphatic heterocycles. The average Bonchev–Trinajstić information content (AvgIpc) is 2.63. The molecule has 0 bridgehead atoms. The first-order valence-electron chi connectivity index (χ1n) is 5.98. The summed E-state index contributed by atoms with van der Waals surface area (Å²) in [5.41, 5.74) is 4.50. The van der Waals surface area contributed by atoms with Gasteiger partial charge in [0.05, 0.1) is 5.69 Å². The minimum absolute atomic E-state index is 0.184. The number of benzene rings is 2. The summed E-state index contributed by atoms with van der Waals surface area (Å²) in [6.45, 7) is 2.05. The van der Waals surface area contributed by atoms with Gasteiger partial charge in [-0.2, -0.15) is 0 Å². The minimum atomic E-state index is -0.184. The number of fused-ring (bicyclic) bond motifs is 1. The predicted molar refractivity (Wildman–Crippen MR) is 73.1 cm³/mol. The average molecular weight is 239 g/mol. The maximum atomic E-state index is 13.4. The van der Waals surface area contributed by atoms with Gasteiger partial charge in [0, 0.05) is 18.0 Å². The van der Waals surface area contributed by atoms with Crippen LogP contribution < -0.4 is 0 Å². The number of aryl methyl sites for hydroxylation is 2. The highest BCUT2D eigenvalue weighted by Gasteiger charge is 2.13. The maximum Gasteiger partial charge on any atom is 0.123 e. The van der Waals surface area contributed by atoms with E-state index in [1.165, 1.54) is 6.07 Å². The van der Waals surface area contributed by atoms with Crippen LogP contribution in [0.25, 0.3) is 22.2 Å². The summed E-state index contributed by atoms with van der Waals surface area (Å²) >= 11 is 0. The van der Waals surface area contributed by atoms with E-state index in [4.69, 9.17) is 0 Å². The van der Waals surface area contributed by atoms with Gasteiger partial charge in [-0.1, -0.05) is 30.3 Å². The molecular formula is C16H14FN. The summed E-state index contributed by atoms with van der Waals surface area (Å²) in [7, 11) is 2.02. The number of aromatic nitrogens is 1. The van der Waals surface area contributed by atoms with Crippen molar-refractivity contribution in [3.05, 3.63) is 59.9 Å². The lowest BCUT2D eigenvalue weighted by Gasteiger charge is -2.05. The molecule has 1 aromatic heterocycles. The van der Waals surface area contributed by atoms with Crippen LogP contribution in [-0.4, -0.2) is 4.57 Å². The lowest BCUT2D eigenvalue weighted by atomic mass is 10.1. The zero-order valence-electron chi connectivity index (χ0n) is 10.4. The molecule has 0 fully saturated rings. The second-order valence-electron chi connectivity index (χ2n) is 4.56. The maximum absolute atomic E-state index is 13.4. The van der Waals surface area contributed by atoms with Crippen molar-refractivity contribution < 1.29 is 4.39 Å². The first-order chi connectivity index (χ1) is 8.68. The molecule has 18 heavy (non-hydrogen) atoms. The number of hydrogen-bond donors (Lipinski definition) is 0. The minimum Gasteiger partial charge on any atom is -0.343 e. The second-order valence-corrected chi connectivity index (χ2v) is 4.56. The number of halogens is 1. The Bertz CT molecular complexity index is 711. The second kappa shape index (κ2) is 3.98. The third kappa shape index (κ3) is 1.53. The Morgan fingerprint density at radius 2 is 1.72 bits per heavy atom. The van der Waals surface area contributed by atoms with Crippen molar-refractivity contribution >= 4 is 10.9 Å². The van der Waals surface area contributed by atoms with E-state index in [-0.39, 0.29) is 5.82 Å². The van der Waals surface area contributed by atoms with Crippen molar-refractivity contribution in [2.75, 3.05) is 0 Å². The van der Waals surface area contributed by atoms with Crippen molar-refractivity contribution in [3.8, 4) is 11.3 Å². The lowest BCUT2D eigenvalue weighted by Crippen LogP contribution is -1.91. The van der Waals surface area contributed by atoms with E-state index in [2.05, 4.69) is 16.7 Å². The lowest BCUT2D eigenvalue weighted by molar-refractivity contribution is 0.629. The van der Waals surface area contributed by atoms with E-state index in [9.17, 15) is 4.39 Å². The fraction of sp³-hybridized carbons (Fsp3) is 0.125. The van der Waals surface area contributed by atoms with Gasteiger partial charge in [0.2, 0.25) is 0 Å². The van der Waals surface area contributed by atoms with Crippen molar-refractivity contribution in [1.29, 1.82) is 0 Å². The highest BCUT2D eigenvalue weighted by Crippen LogP contribution is 2.32. The monoisotopic (exact) mass is 239 g/mol. The number of hydrogen-bond acceptors (Lipinski definition) is 0. The van der Waals surface area contributed by atoms with Gasteiger partial charge in [0.15, 0.2) is 0 Å². The molecule has 0 saturated heterocycles. The Kier molecular flexibility index (Phi) is 2.44. The van der Waals surface area contributed by atoms with Gasteiger partial charge in [-0.3, -0.25) is 0 Å². The zero-order valence-corrected chi connectivity index (χ0v) is 10.4. The molecule has 0 spiro atoms. The standard InChI is InChI=1S/C16H14FN/c1-11-14-10-13(17)8-9-15(14)18(2)16(11)12-6-4-3-5-7-12/h3-10H,1-2H3. The van der Waals surface area contributed by atoms with Crippen molar-refractivity contribution in [3.63, 3.8) is 0 Å². The molecule has 3 aromatic rings. The first kappa shape index (κ1) is 11.0. The molecule has 1 nitrogen and oxygen atoms in total. The fourth-order valence-electron chi connectivity index (χ4n) is 2.61. The van der Waals surface area contributed by atoms with Gasteiger partial charge in [0.25, 0.3) is 0 Å². The summed E-state index contributed by atoms with van der Waals surface area (Å²) in [4.78, 5) is 0. The van der Waals surface area contributed by atoms with Gasteiger partial charge in [0.1, 0.15) is 5.82 Å². The molecule has 90 valence electrons. The fourth-order valence-corrected chi connectivity index (χ4v) is 2.61. The molecule has 0 N–H and O–H groups in total. The largest absolute Gasteiger partial charge is 0.343 e. The summed E-state index contributed by atoms with van der Waals surface area (Å²) < 4.78 is 15.5. The quantitative estimate of drug-likeness (QED) is 0.597. The van der Waals surface area contributed by atoms with Crippen molar-refractivity contribution in [1.82, 2.24) is 4.57 Å².